The van der Waals surface area contributed by atoms with Crippen LogP contribution in [-0.4, -0.2) is 11.8 Å². The molecule has 1 aliphatic rings. The molecule has 100 valence electrons. The third kappa shape index (κ3) is 2.68. The number of hydrogen-bond donors (Lipinski definition) is 1. The fourth-order valence-corrected chi connectivity index (χ4v) is 3.95. The number of nitrogens with one attached hydrogen (secondary N) is 1. The van der Waals surface area contributed by atoms with Gasteiger partial charge in [-0.05, 0) is 31.0 Å². The number of rotatable bonds is 4. The molecule has 0 bridgehead atoms. The maximum Gasteiger partial charge on any atom is 0.146 e. The van der Waals surface area contributed by atoms with Gasteiger partial charge in [-0.25, -0.2) is 4.39 Å². The second-order valence-electron chi connectivity index (χ2n) is 4.62. The molecule has 0 amide bonds. The zero-order valence-corrected chi connectivity index (χ0v) is 12.4. The van der Waals surface area contributed by atoms with E-state index in [1.165, 1.54) is 0 Å². The summed E-state index contributed by atoms with van der Waals surface area (Å²) in [6, 6.07) is 3.91. The van der Waals surface area contributed by atoms with Crippen molar-refractivity contribution in [2.45, 2.75) is 43.7 Å². The van der Waals surface area contributed by atoms with E-state index in [2.05, 4.69) is 19.2 Å². The maximum atomic E-state index is 14.0. The highest BCUT2D eigenvalue weighted by atomic mass is 35.5. The lowest BCUT2D eigenvalue weighted by Crippen LogP contribution is -2.34. The van der Waals surface area contributed by atoms with E-state index in [1.807, 2.05) is 17.8 Å². The molecule has 0 saturated heterocycles. The predicted molar refractivity (Wildman–Crippen MR) is 77.8 cm³/mol. The van der Waals surface area contributed by atoms with Gasteiger partial charge >= 0.3 is 0 Å². The maximum absolute atomic E-state index is 14.0. The molecule has 1 aliphatic heterocycles. The molecular weight excluding hydrogens is 269 g/mol. The Hall–Kier alpha value is -0.250. The van der Waals surface area contributed by atoms with Crippen LogP contribution in [0.25, 0.3) is 0 Å². The van der Waals surface area contributed by atoms with Gasteiger partial charge in [-0.1, -0.05) is 31.5 Å². The van der Waals surface area contributed by atoms with E-state index in [1.54, 1.807) is 6.07 Å². The lowest BCUT2D eigenvalue weighted by atomic mass is 9.96. The lowest BCUT2D eigenvalue weighted by molar-refractivity contribution is 0.491. The van der Waals surface area contributed by atoms with Crippen LogP contribution in [0.4, 0.5) is 4.39 Å². The van der Waals surface area contributed by atoms with Gasteiger partial charge in [-0.3, -0.25) is 0 Å². The van der Waals surface area contributed by atoms with Crippen molar-refractivity contribution in [1.82, 2.24) is 5.32 Å². The van der Waals surface area contributed by atoms with Gasteiger partial charge in [0.25, 0.3) is 0 Å². The molecule has 2 rings (SSSR count). The lowest BCUT2D eigenvalue weighted by Gasteiger charge is -2.33. The van der Waals surface area contributed by atoms with Crippen LogP contribution in [0.1, 0.15) is 43.9 Å². The van der Waals surface area contributed by atoms with Crippen molar-refractivity contribution in [2.75, 3.05) is 6.54 Å². The summed E-state index contributed by atoms with van der Waals surface area (Å²) in [6.45, 7) is 5.30. The van der Waals surface area contributed by atoms with Crippen LogP contribution in [0.15, 0.2) is 12.1 Å². The van der Waals surface area contributed by atoms with Crippen LogP contribution >= 0.6 is 23.4 Å². The fraction of sp³-hybridized carbons (Fsp3) is 0.571. The molecule has 2 unspecified atom stereocenters. The van der Waals surface area contributed by atoms with Crippen molar-refractivity contribution in [3.8, 4) is 0 Å². The summed E-state index contributed by atoms with van der Waals surface area (Å²) in [7, 11) is 0. The Morgan fingerprint density at radius 3 is 2.89 bits per heavy atom. The molecule has 0 fully saturated rings. The normalized spacial score (nSPS) is 22.9. The molecule has 1 aromatic carbocycles. The Balaban J connectivity index is 2.35. The van der Waals surface area contributed by atoms with Crippen molar-refractivity contribution in [3.05, 3.63) is 34.1 Å². The Morgan fingerprint density at radius 2 is 2.22 bits per heavy atom. The molecule has 0 aliphatic carbocycles. The topological polar surface area (TPSA) is 12.0 Å². The number of thioether (sulfide) groups is 1. The molecule has 0 aromatic heterocycles. The average molecular weight is 288 g/mol. The summed E-state index contributed by atoms with van der Waals surface area (Å²) < 4.78 is 14.0. The van der Waals surface area contributed by atoms with Crippen LogP contribution in [-0.2, 0) is 5.75 Å². The van der Waals surface area contributed by atoms with Crippen LogP contribution in [0.3, 0.4) is 0 Å². The highest BCUT2D eigenvalue weighted by molar-refractivity contribution is 7.99. The Morgan fingerprint density at radius 1 is 1.44 bits per heavy atom. The molecular formula is C14H19ClFNS. The van der Waals surface area contributed by atoms with E-state index < -0.39 is 0 Å². The highest BCUT2D eigenvalue weighted by Crippen LogP contribution is 2.41. The predicted octanol–water partition coefficient (Wildman–Crippen LogP) is 4.55. The van der Waals surface area contributed by atoms with Crippen molar-refractivity contribution < 1.29 is 4.39 Å². The minimum atomic E-state index is -0.237. The monoisotopic (exact) mass is 287 g/mol. The van der Waals surface area contributed by atoms with E-state index in [9.17, 15) is 4.39 Å². The van der Waals surface area contributed by atoms with E-state index in [-0.39, 0.29) is 16.9 Å². The summed E-state index contributed by atoms with van der Waals surface area (Å²) in [5, 5.41) is 4.30. The van der Waals surface area contributed by atoms with Crippen molar-refractivity contribution in [3.63, 3.8) is 0 Å². The van der Waals surface area contributed by atoms with E-state index in [4.69, 9.17) is 11.6 Å². The summed E-state index contributed by atoms with van der Waals surface area (Å²) in [5.74, 6) is 0.490. The first-order valence-corrected chi connectivity index (χ1v) is 7.93. The largest absolute Gasteiger partial charge is 0.309 e. The second kappa shape index (κ2) is 6.27. The second-order valence-corrected chi connectivity index (χ2v) is 6.25. The molecule has 1 aromatic rings. The number of halogens is 2. The molecule has 0 saturated carbocycles. The Labute approximate surface area is 117 Å². The molecule has 0 radical (unpaired) electrons. The van der Waals surface area contributed by atoms with Gasteiger partial charge in [-0.2, -0.15) is 11.8 Å². The smallest absolute Gasteiger partial charge is 0.146 e. The first kappa shape index (κ1) is 14.2. The van der Waals surface area contributed by atoms with Gasteiger partial charge < -0.3 is 5.32 Å². The summed E-state index contributed by atoms with van der Waals surface area (Å²) in [6.07, 6.45) is 2.18. The summed E-state index contributed by atoms with van der Waals surface area (Å²) >= 11 is 7.69. The first-order valence-electron chi connectivity index (χ1n) is 6.50. The molecule has 1 nitrogen and oxygen atoms in total. The number of hydrogen-bond acceptors (Lipinski definition) is 2. The van der Waals surface area contributed by atoms with E-state index in [0.717, 1.165) is 36.3 Å². The van der Waals surface area contributed by atoms with Gasteiger partial charge in [0.15, 0.2) is 0 Å². The molecule has 2 atom stereocenters. The summed E-state index contributed by atoms with van der Waals surface area (Å²) in [5.41, 5.74) is 1.88. The van der Waals surface area contributed by atoms with Gasteiger partial charge in [0.05, 0.1) is 5.02 Å². The number of benzene rings is 1. The first-order chi connectivity index (χ1) is 8.69. The Kier molecular flexibility index (Phi) is 4.93. The number of fused-ring (bicyclic) bond motifs is 1. The Bertz CT molecular complexity index is 425. The third-order valence-corrected chi connectivity index (χ3v) is 5.18. The summed E-state index contributed by atoms with van der Waals surface area (Å²) in [4.78, 5) is 0. The van der Waals surface area contributed by atoms with Crippen molar-refractivity contribution in [1.29, 1.82) is 0 Å². The third-order valence-electron chi connectivity index (χ3n) is 3.40. The van der Waals surface area contributed by atoms with Crippen molar-refractivity contribution in [2.24, 2.45) is 0 Å². The fourth-order valence-electron chi connectivity index (χ4n) is 2.43. The highest BCUT2D eigenvalue weighted by Gasteiger charge is 2.30. The van der Waals surface area contributed by atoms with Gasteiger partial charge in [0.2, 0.25) is 0 Å². The van der Waals surface area contributed by atoms with Crippen LogP contribution in [0, 0.1) is 5.82 Å². The van der Waals surface area contributed by atoms with Gasteiger partial charge in [-0.15, -0.1) is 0 Å². The van der Waals surface area contributed by atoms with Crippen molar-refractivity contribution >= 4 is 23.4 Å². The van der Waals surface area contributed by atoms with Crippen LogP contribution in [0.2, 0.25) is 5.02 Å². The van der Waals surface area contributed by atoms with Gasteiger partial charge in [0, 0.05) is 22.6 Å². The standard InChI is InChI=1S/C14H19ClFNS/c1-3-7-17-14-9-5-6-11(15)13(16)10(9)8-18-12(14)4-2/h5-6,12,14,17H,3-4,7-8H2,1-2H3. The quantitative estimate of drug-likeness (QED) is 0.872. The molecule has 0 spiro atoms. The minimum absolute atomic E-state index is 0.235. The molecule has 1 N–H and O–H groups in total. The van der Waals surface area contributed by atoms with Crippen LogP contribution < -0.4 is 5.32 Å². The molecule has 4 heteroatoms. The van der Waals surface area contributed by atoms with E-state index >= 15 is 0 Å². The average Bonchev–Trinajstić information content (AvgIpc) is 2.40. The molecule has 18 heavy (non-hydrogen) atoms. The SMILES string of the molecule is CCCNC1c2ccc(Cl)c(F)c2CSC1CC. The van der Waals surface area contributed by atoms with Gasteiger partial charge in [0.1, 0.15) is 5.82 Å². The molecule has 1 heterocycles. The van der Waals surface area contributed by atoms with E-state index in [0.29, 0.717) is 5.25 Å². The zero-order chi connectivity index (χ0) is 13.1. The minimum Gasteiger partial charge on any atom is -0.309 e. The zero-order valence-electron chi connectivity index (χ0n) is 10.8. The van der Waals surface area contributed by atoms with Crippen LogP contribution in [0.5, 0.6) is 0 Å².